The minimum atomic E-state index is -0.294. The van der Waals surface area contributed by atoms with Gasteiger partial charge in [0, 0.05) is 18.8 Å². The second-order valence-corrected chi connectivity index (χ2v) is 7.97. The maximum Gasteiger partial charge on any atom is 0.226 e. The molecule has 1 heterocycles. The fourth-order valence-corrected chi connectivity index (χ4v) is 3.35. The van der Waals surface area contributed by atoms with E-state index in [0.717, 1.165) is 16.8 Å². The van der Waals surface area contributed by atoms with Crippen molar-refractivity contribution in [1.29, 1.82) is 0 Å². The van der Waals surface area contributed by atoms with Crippen molar-refractivity contribution in [2.45, 2.75) is 45.6 Å². The van der Waals surface area contributed by atoms with Crippen molar-refractivity contribution < 1.29 is 9.59 Å². The van der Waals surface area contributed by atoms with E-state index in [4.69, 9.17) is 0 Å². The van der Waals surface area contributed by atoms with Crippen LogP contribution in [0.15, 0.2) is 54.7 Å². The minimum Gasteiger partial charge on any atom is -0.326 e. The molecule has 0 saturated heterocycles. The van der Waals surface area contributed by atoms with E-state index >= 15 is 0 Å². The Morgan fingerprint density at radius 2 is 1.70 bits per heavy atom. The lowest BCUT2D eigenvalue weighted by molar-refractivity contribution is -0.129. The van der Waals surface area contributed by atoms with Gasteiger partial charge in [-0.15, -0.1) is 0 Å². The monoisotopic (exact) mass is 362 g/mol. The maximum absolute atomic E-state index is 12.7. The van der Waals surface area contributed by atoms with Gasteiger partial charge in [0.2, 0.25) is 11.8 Å². The minimum absolute atomic E-state index is 0.0721. The van der Waals surface area contributed by atoms with Crippen LogP contribution in [0.25, 0.3) is 6.08 Å². The van der Waals surface area contributed by atoms with Gasteiger partial charge in [-0.25, -0.2) is 0 Å². The van der Waals surface area contributed by atoms with Gasteiger partial charge in [-0.1, -0.05) is 57.2 Å². The predicted molar refractivity (Wildman–Crippen MR) is 109 cm³/mol. The zero-order valence-electron chi connectivity index (χ0n) is 16.3. The van der Waals surface area contributed by atoms with Gasteiger partial charge in [0.1, 0.15) is 0 Å². The number of carbonyl (C=O) groups is 2. The van der Waals surface area contributed by atoms with Gasteiger partial charge < -0.3 is 10.2 Å². The van der Waals surface area contributed by atoms with Crippen molar-refractivity contribution in [3.8, 4) is 0 Å². The van der Waals surface area contributed by atoms with Gasteiger partial charge in [0.05, 0.1) is 12.5 Å². The molecule has 1 N–H and O–H groups in total. The van der Waals surface area contributed by atoms with Gasteiger partial charge in [0.25, 0.3) is 0 Å². The van der Waals surface area contributed by atoms with Gasteiger partial charge in [-0.2, -0.15) is 0 Å². The quantitative estimate of drug-likeness (QED) is 0.845. The Bertz CT molecular complexity index is 876. The summed E-state index contributed by atoms with van der Waals surface area (Å²) in [6.07, 6.45) is 3.89. The Kier molecular flexibility index (Phi) is 5.17. The van der Waals surface area contributed by atoms with Crippen LogP contribution in [-0.4, -0.2) is 16.7 Å². The average molecular weight is 362 g/mol. The van der Waals surface area contributed by atoms with Crippen molar-refractivity contribution in [1.82, 2.24) is 4.90 Å². The molecule has 3 rings (SSSR count). The molecule has 0 aliphatic carbocycles. The fourth-order valence-electron chi connectivity index (χ4n) is 3.35. The van der Waals surface area contributed by atoms with Crippen molar-refractivity contribution in [2.24, 2.45) is 0 Å². The van der Waals surface area contributed by atoms with Gasteiger partial charge >= 0.3 is 0 Å². The molecular weight excluding hydrogens is 336 g/mol. The van der Waals surface area contributed by atoms with Crippen LogP contribution in [0.3, 0.4) is 0 Å². The number of nitrogens with one attached hydrogen (secondary N) is 1. The van der Waals surface area contributed by atoms with E-state index in [1.54, 1.807) is 11.1 Å². The number of hydrogen-bond acceptors (Lipinski definition) is 2. The molecule has 0 radical (unpaired) electrons. The van der Waals surface area contributed by atoms with E-state index in [0.29, 0.717) is 0 Å². The molecule has 0 fully saturated rings. The van der Waals surface area contributed by atoms with E-state index in [1.807, 2.05) is 54.6 Å². The summed E-state index contributed by atoms with van der Waals surface area (Å²) in [5.41, 5.74) is 4.09. The number of benzene rings is 2. The predicted octanol–water partition coefficient (Wildman–Crippen LogP) is 4.89. The van der Waals surface area contributed by atoms with Crippen LogP contribution >= 0.6 is 0 Å². The summed E-state index contributed by atoms with van der Waals surface area (Å²) in [7, 11) is 0. The summed E-state index contributed by atoms with van der Waals surface area (Å²) < 4.78 is 0. The SMILES string of the molecule is CC(=O)N1C=Cc2ccccc2[C@@H]1CC(=O)Nc1ccc(C(C)(C)C)cc1. The summed E-state index contributed by atoms with van der Waals surface area (Å²) in [5, 5.41) is 2.96. The van der Waals surface area contributed by atoms with Crippen LogP contribution in [-0.2, 0) is 15.0 Å². The largest absolute Gasteiger partial charge is 0.326 e. The lowest BCUT2D eigenvalue weighted by Crippen LogP contribution is -2.33. The van der Waals surface area contributed by atoms with Crippen molar-refractivity contribution in [3.05, 3.63) is 71.4 Å². The lowest BCUT2D eigenvalue weighted by Gasteiger charge is -2.32. The number of rotatable bonds is 3. The summed E-state index contributed by atoms with van der Waals surface area (Å²) >= 11 is 0. The lowest BCUT2D eigenvalue weighted by atomic mass is 9.87. The average Bonchev–Trinajstić information content (AvgIpc) is 2.61. The zero-order valence-corrected chi connectivity index (χ0v) is 16.3. The molecule has 1 aliphatic heterocycles. The fraction of sp³-hybridized carbons (Fsp3) is 0.304. The van der Waals surface area contributed by atoms with Crippen LogP contribution in [0, 0.1) is 0 Å². The van der Waals surface area contributed by atoms with Gasteiger partial charge in [0.15, 0.2) is 0 Å². The molecule has 4 nitrogen and oxygen atoms in total. The van der Waals surface area contributed by atoms with Crippen LogP contribution in [0.1, 0.15) is 56.8 Å². The molecule has 2 aromatic carbocycles. The third-order valence-electron chi connectivity index (χ3n) is 4.88. The molecule has 140 valence electrons. The third-order valence-corrected chi connectivity index (χ3v) is 4.88. The van der Waals surface area contributed by atoms with Crippen molar-refractivity contribution in [2.75, 3.05) is 5.32 Å². The Balaban J connectivity index is 1.76. The molecule has 0 bridgehead atoms. The second-order valence-electron chi connectivity index (χ2n) is 7.97. The highest BCUT2D eigenvalue weighted by Gasteiger charge is 2.28. The standard InChI is InChI=1S/C23H26N2O2/c1-16(26)25-14-13-17-7-5-6-8-20(17)21(25)15-22(27)24-19-11-9-18(10-12-19)23(2,3)4/h5-14,21H,15H2,1-4H3,(H,24,27)/t21-/m0/s1. The number of hydrogen-bond donors (Lipinski definition) is 1. The number of nitrogens with zero attached hydrogens (tertiary/aromatic N) is 1. The first-order valence-electron chi connectivity index (χ1n) is 9.22. The number of carbonyl (C=O) groups excluding carboxylic acids is 2. The Labute approximate surface area is 160 Å². The molecule has 27 heavy (non-hydrogen) atoms. The number of amides is 2. The molecule has 2 amide bonds. The summed E-state index contributed by atoms with van der Waals surface area (Å²) in [4.78, 5) is 26.3. The second kappa shape index (κ2) is 7.39. The van der Waals surface area contributed by atoms with Crippen molar-refractivity contribution >= 4 is 23.6 Å². The third kappa shape index (κ3) is 4.27. The van der Waals surface area contributed by atoms with E-state index < -0.39 is 0 Å². The molecule has 2 aromatic rings. The molecule has 1 atom stereocenters. The molecule has 4 heteroatoms. The van der Waals surface area contributed by atoms with E-state index in [-0.39, 0.29) is 29.7 Å². The zero-order chi connectivity index (χ0) is 19.6. The number of anilines is 1. The topological polar surface area (TPSA) is 49.4 Å². The maximum atomic E-state index is 12.7. The van der Waals surface area contributed by atoms with Gasteiger partial charge in [-0.3, -0.25) is 9.59 Å². The molecular formula is C23H26N2O2. The molecule has 0 saturated carbocycles. The van der Waals surface area contributed by atoms with Crippen LogP contribution in [0.2, 0.25) is 0 Å². The highest BCUT2D eigenvalue weighted by Crippen LogP contribution is 2.33. The number of fused-ring (bicyclic) bond motifs is 1. The first-order chi connectivity index (χ1) is 12.8. The van der Waals surface area contributed by atoms with Crippen LogP contribution in [0.5, 0.6) is 0 Å². The summed E-state index contributed by atoms with van der Waals surface area (Å²) in [6, 6.07) is 15.5. The van der Waals surface area contributed by atoms with Gasteiger partial charge in [-0.05, 0) is 40.3 Å². The Morgan fingerprint density at radius 1 is 1.04 bits per heavy atom. The Morgan fingerprint density at radius 3 is 2.33 bits per heavy atom. The first kappa shape index (κ1) is 18.9. The van der Waals surface area contributed by atoms with Crippen molar-refractivity contribution in [3.63, 3.8) is 0 Å². The summed E-state index contributed by atoms with van der Waals surface area (Å²) in [6.45, 7) is 8.00. The molecule has 0 spiro atoms. The highest BCUT2D eigenvalue weighted by atomic mass is 16.2. The van der Waals surface area contributed by atoms with E-state index in [2.05, 4.69) is 26.1 Å². The summed E-state index contributed by atoms with van der Waals surface area (Å²) in [5.74, 6) is -0.187. The molecule has 1 aliphatic rings. The molecule has 0 unspecified atom stereocenters. The Hall–Kier alpha value is -2.88. The highest BCUT2D eigenvalue weighted by molar-refractivity contribution is 5.92. The van der Waals surface area contributed by atoms with Crippen LogP contribution < -0.4 is 5.32 Å². The van der Waals surface area contributed by atoms with E-state index in [1.165, 1.54) is 12.5 Å². The van der Waals surface area contributed by atoms with Crippen LogP contribution in [0.4, 0.5) is 5.69 Å². The first-order valence-corrected chi connectivity index (χ1v) is 9.22. The smallest absolute Gasteiger partial charge is 0.226 e. The molecule has 0 aromatic heterocycles. The normalized spacial score (nSPS) is 16.0. The van der Waals surface area contributed by atoms with E-state index in [9.17, 15) is 9.59 Å².